The molecule has 0 saturated carbocycles. The van der Waals surface area contributed by atoms with E-state index in [-0.39, 0.29) is 25.1 Å². The number of rotatable bonds is 10. The summed E-state index contributed by atoms with van der Waals surface area (Å²) in [5.74, 6) is 0.330. The van der Waals surface area contributed by atoms with Gasteiger partial charge in [-0.2, -0.15) is 0 Å². The average Bonchev–Trinajstić information content (AvgIpc) is 2.59. The molecule has 5 nitrogen and oxygen atoms in total. The number of benzene rings is 1. The number of esters is 1. The van der Waals surface area contributed by atoms with Crippen molar-refractivity contribution >= 4 is 5.97 Å². The van der Waals surface area contributed by atoms with E-state index in [9.17, 15) is 9.90 Å². The molecule has 1 aromatic rings. The molecular weight excluding hydrogens is 308 g/mol. The van der Waals surface area contributed by atoms with Crippen LogP contribution in [0.5, 0.6) is 5.75 Å². The van der Waals surface area contributed by atoms with Crippen LogP contribution in [0.25, 0.3) is 0 Å². The van der Waals surface area contributed by atoms with Gasteiger partial charge < -0.3 is 19.7 Å². The first-order valence-electron chi connectivity index (χ1n) is 8.10. The van der Waals surface area contributed by atoms with Crippen LogP contribution in [-0.4, -0.2) is 36.0 Å². The number of aliphatic hydroxyl groups excluding tert-OH is 2. The zero-order chi connectivity index (χ0) is 17.8. The molecule has 1 rings (SSSR count). The molecule has 0 heterocycles. The first-order valence-corrected chi connectivity index (χ1v) is 8.10. The molecule has 0 aromatic heterocycles. The lowest BCUT2D eigenvalue weighted by Crippen LogP contribution is -2.08. The van der Waals surface area contributed by atoms with Crippen LogP contribution in [0.15, 0.2) is 48.6 Å². The number of hydrogen-bond acceptors (Lipinski definition) is 5. The van der Waals surface area contributed by atoms with Crippen molar-refractivity contribution in [2.24, 2.45) is 5.92 Å². The summed E-state index contributed by atoms with van der Waals surface area (Å²) in [6, 6.07) is 7.19. The molecule has 5 heteroatoms. The zero-order valence-corrected chi connectivity index (χ0v) is 14.2. The van der Waals surface area contributed by atoms with Crippen LogP contribution >= 0.6 is 0 Å². The van der Waals surface area contributed by atoms with Crippen LogP contribution in [0.1, 0.15) is 31.9 Å². The summed E-state index contributed by atoms with van der Waals surface area (Å²) in [7, 11) is 0. The first-order chi connectivity index (χ1) is 11.6. The minimum absolute atomic E-state index is 0.0291. The lowest BCUT2D eigenvalue weighted by atomic mass is 9.94. The maximum Gasteiger partial charge on any atom is 0.330 e. The van der Waals surface area contributed by atoms with E-state index >= 15 is 0 Å². The molecule has 0 aliphatic carbocycles. The summed E-state index contributed by atoms with van der Waals surface area (Å²) < 4.78 is 10.1. The summed E-state index contributed by atoms with van der Waals surface area (Å²) in [6.07, 6.45) is 6.76. The molecule has 0 fully saturated rings. The minimum Gasteiger partial charge on any atom is -0.491 e. The molecule has 0 aliphatic heterocycles. The van der Waals surface area contributed by atoms with Gasteiger partial charge in [-0.1, -0.05) is 37.3 Å². The second-order valence-electron chi connectivity index (χ2n) is 5.34. The van der Waals surface area contributed by atoms with Crippen molar-refractivity contribution in [2.45, 2.75) is 26.4 Å². The number of hydrogen-bond donors (Lipinski definition) is 2. The van der Waals surface area contributed by atoms with Crippen LogP contribution in [0.2, 0.25) is 0 Å². The van der Waals surface area contributed by atoms with Crippen LogP contribution in [0, 0.1) is 5.92 Å². The topological polar surface area (TPSA) is 76.0 Å². The highest BCUT2D eigenvalue weighted by Crippen LogP contribution is 2.26. The number of carbonyl (C=O) groups excluding carboxylic acids is 1. The van der Waals surface area contributed by atoms with Crippen molar-refractivity contribution in [3.05, 3.63) is 54.1 Å². The number of allylic oxidation sites excluding steroid dienone is 3. The van der Waals surface area contributed by atoms with E-state index in [0.29, 0.717) is 18.8 Å². The molecule has 0 saturated heterocycles. The molecule has 24 heavy (non-hydrogen) atoms. The second-order valence-corrected chi connectivity index (χ2v) is 5.34. The SMILES string of the molecule is CCOC(=O)/C=C/C=C/C[C@@H](C)[C@H](O)c1ccc(OCCO)cc1. The Kier molecular flexibility index (Phi) is 9.49. The van der Waals surface area contributed by atoms with Gasteiger partial charge in [-0.3, -0.25) is 0 Å². The molecule has 2 N–H and O–H groups in total. The van der Waals surface area contributed by atoms with Crippen molar-refractivity contribution in [3.63, 3.8) is 0 Å². The van der Waals surface area contributed by atoms with Crippen molar-refractivity contribution in [1.29, 1.82) is 0 Å². The summed E-state index contributed by atoms with van der Waals surface area (Å²) >= 11 is 0. The highest BCUT2D eigenvalue weighted by Gasteiger charge is 2.15. The maximum absolute atomic E-state index is 11.1. The third-order valence-corrected chi connectivity index (χ3v) is 3.39. The van der Waals surface area contributed by atoms with Gasteiger partial charge in [0.15, 0.2) is 0 Å². The Balaban J connectivity index is 2.46. The van der Waals surface area contributed by atoms with E-state index in [2.05, 4.69) is 0 Å². The van der Waals surface area contributed by atoms with Crippen molar-refractivity contribution in [1.82, 2.24) is 0 Å². The van der Waals surface area contributed by atoms with Crippen LogP contribution in [0.4, 0.5) is 0 Å². The van der Waals surface area contributed by atoms with E-state index < -0.39 is 6.10 Å². The van der Waals surface area contributed by atoms with Gasteiger partial charge in [-0.25, -0.2) is 4.79 Å². The Morgan fingerprint density at radius 3 is 2.58 bits per heavy atom. The summed E-state index contributed by atoms with van der Waals surface area (Å²) in [6.45, 7) is 4.30. The Labute approximate surface area is 143 Å². The molecule has 132 valence electrons. The average molecular weight is 334 g/mol. The summed E-state index contributed by atoms with van der Waals surface area (Å²) in [5, 5.41) is 19.1. The lowest BCUT2D eigenvalue weighted by Gasteiger charge is -2.18. The van der Waals surface area contributed by atoms with E-state index in [0.717, 1.165) is 5.56 Å². The fourth-order valence-electron chi connectivity index (χ4n) is 2.08. The monoisotopic (exact) mass is 334 g/mol. The minimum atomic E-state index is -0.587. The van der Waals surface area contributed by atoms with E-state index in [1.807, 2.05) is 25.1 Å². The molecule has 2 atom stereocenters. The molecular formula is C19H26O5. The van der Waals surface area contributed by atoms with Crippen molar-refractivity contribution in [2.75, 3.05) is 19.8 Å². The first kappa shape index (κ1) is 19.9. The molecule has 0 aliphatic rings. The van der Waals surface area contributed by atoms with Gasteiger partial charge in [0.05, 0.1) is 19.3 Å². The summed E-state index contributed by atoms with van der Waals surface area (Å²) in [4.78, 5) is 11.1. The van der Waals surface area contributed by atoms with Gasteiger partial charge in [0.25, 0.3) is 0 Å². The molecule has 0 radical (unpaired) electrons. The van der Waals surface area contributed by atoms with Gasteiger partial charge in [0.1, 0.15) is 12.4 Å². The smallest absolute Gasteiger partial charge is 0.330 e. The number of carbonyl (C=O) groups is 1. The van der Waals surface area contributed by atoms with Crippen LogP contribution in [-0.2, 0) is 9.53 Å². The highest BCUT2D eigenvalue weighted by atomic mass is 16.5. The fraction of sp³-hybridized carbons (Fsp3) is 0.421. The number of aliphatic hydroxyl groups is 2. The Morgan fingerprint density at radius 2 is 1.96 bits per heavy atom. The van der Waals surface area contributed by atoms with E-state index in [4.69, 9.17) is 14.6 Å². The Bertz CT molecular complexity index is 533. The molecule has 0 amide bonds. The third kappa shape index (κ3) is 7.44. The molecule has 0 spiro atoms. The van der Waals surface area contributed by atoms with E-state index in [1.165, 1.54) is 6.08 Å². The van der Waals surface area contributed by atoms with Crippen LogP contribution < -0.4 is 4.74 Å². The third-order valence-electron chi connectivity index (χ3n) is 3.39. The summed E-state index contributed by atoms with van der Waals surface area (Å²) in [5.41, 5.74) is 0.814. The Morgan fingerprint density at radius 1 is 1.25 bits per heavy atom. The van der Waals surface area contributed by atoms with Crippen LogP contribution in [0.3, 0.4) is 0 Å². The van der Waals surface area contributed by atoms with Gasteiger partial charge in [0, 0.05) is 6.08 Å². The molecule has 0 bridgehead atoms. The van der Waals surface area contributed by atoms with E-state index in [1.54, 1.807) is 31.2 Å². The number of ether oxygens (including phenoxy) is 2. The highest BCUT2D eigenvalue weighted by molar-refractivity contribution is 5.82. The lowest BCUT2D eigenvalue weighted by molar-refractivity contribution is -0.137. The normalized spacial score (nSPS) is 14.0. The quantitative estimate of drug-likeness (QED) is 0.391. The maximum atomic E-state index is 11.1. The van der Waals surface area contributed by atoms with Crippen molar-refractivity contribution < 1.29 is 24.5 Å². The van der Waals surface area contributed by atoms with Gasteiger partial charge >= 0.3 is 5.97 Å². The Hall–Kier alpha value is -2.11. The second kappa shape index (κ2) is 11.4. The largest absolute Gasteiger partial charge is 0.491 e. The van der Waals surface area contributed by atoms with Gasteiger partial charge in [-0.15, -0.1) is 0 Å². The molecule has 0 unspecified atom stereocenters. The predicted octanol–water partition coefficient (Wildman–Crippen LogP) is 2.79. The predicted molar refractivity (Wildman–Crippen MR) is 92.7 cm³/mol. The standard InChI is InChI=1S/C19H26O5/c1-3-23-18(21)8-6-4-5-7-15(2)19(22)16-9-11-17(12-10-16)24-14-13-20/h4-6,8-12,15,19-20,22H,3,7,13-14H2,1-2H3/b5-4+,8-6+/t15-,19+/m1/s1. The van der Waals surface area contributed by atoms with Gasteiger partial charge in [-0.05, 0) is 37.0 Å². The van der Waals surface area contributed by atoms with Gasteiger partial charge in [0.2, 0.25) is 0 Å². The fourth-order valence-corrected chi connectivity index (χ4v) is 2.08. The zero-order valence-electron chi connectivity index (χ0n) is 14.2. The van der Waals surface area contributed by atoms with Crippen molar-refractivity contribution in [3.8, 4) is 5.75 Å². The molecule has 1 aromatic carbocycles.